The number of amides is 1. The average molecular weight is 497 g/mol. The molecular formula is C31H24N6O. The van der Waals surface area contributed by atoms with Crippen molar-refractivity contribution in [1.29, 1.82) is 0 Å². The smallest absolute Gasteiger partial charge is 0.255 e. The van der Waals surface area contributed by atoms with E-state index in [-0.39, 0.29) is 5.91 Å². The van der Waals surface area contributed by atoms with Crippen molar-refractivity contribution in [2.45, 2.75) is 0 Å². The van der Waals surface area contributed by atoms with Gasteiger partial charge >= 0.3 is 0 Å². The lowest BCUT2D eigenvalue weighted by molar-refractivity contribution is 0.102. The van der Waals surface area contributed by atoms with Crippen LogP contribution in [0.25, 0.3) is 27.9 Å². The molecule has 0 radical (unpaired) electrons. The molecular weight excluding hydrogens is 472 g/mol. The van der Waals surface area contributed by atoms with E-state index < -0.39 is 0 Å². The van der Waals surface area contributed by atoms with Crippen LogP contribution in [0.3, 0.4) is 0 Å². The number of hydrogen-bond donors (Lipinski definition) is 3. The molecule has 0 fully saturated rings. The molecule has 1 amide bonds. The molecule has 4 aromatic carbocycles. The zero-order valence-corrected chi connectivity index (χ0v) is 20.4. The third kappa shape index (κ3) is 4.81. The van der Waals surface area contributed by atoms with E-state index in [0.29, 0.717) is 22.9 Å². The molecule has 0 bridgehead atoms. The third-order valence-corrected chi connectivity index (χ3v) is 6.22. The maximum Gasteiger partial charge on any atom is 0.255 e. The summed E-state index contributed by atoms with van der Waals surface area (Å²) in [6.07, 6.45) is 1.75. The Bertz CT molecular complexity index is 1730. The Morgan fingerprint density at radius 2 is 1.42 bits per heavy atom. The lowest BCUT2D eigenvalue weighted by Crippen LogP contribution is -2.11. The molecule has 2 aromatic heterocycles. The van der Waals surface area contributed by atoms with E-state index in [1.165, 1.54) is 0 Å². The summed E-state index contributed by atoms with van der Waals surface area (Å²) in [5, 5.41) is 10.7. The molecule has 6 aromatic rings. The van der Waals surface area contributed by atoms with Gasteiger partial charge in [0.05, 0.1) is 17.4 Å². The maximum absolute atomic E-state index is 12.5. The van der Waals surface area contributed by atoms with Gasteiger partial charge in [-0.1, -0.05) is 48.5 Å². The number of nitrogens with zero attached hydrogens (tertiary/aromatic N) is 3. The molecule has 0 atom stereocenters. The fourth-order valence-corrected chi connectivity index (χ4v) is 4.25. The highest BCUT2D eigenvalue weighted by Gasteiger charge is 2.11. The summed E-state index contributed by atoms with van der Waals surface area (Å²) in [6, 6.07) is 36.9. The number of benzene rings is 4. The van der Waals surface area contributed by atoms with Crippen LogP contribution in [0.4, 0.5) is 23.0 Å². The summed E-state index contributed by atoms with van der Waals surface area (Å²) in [4.78, 5) is 17.4. The minimum atomic E-state index is -0.198. The van der Waals surface area contributed by atoms with Crippen molar-refractivity contribution in [2.75, 3.05) is 16.4 Å². The van der Waals surface area contributed by atoms with E-state index in [9.17, 15) is 4.79 Å². The van der Waals surface area contributed by atoms with Crippen molar-refractivity contribution in [3.8, 4) is 22.4 Å². The summed E-state index contributed by atoms with van der Waals surface area (Å²) >= 11 is 0. The third-order valence-electron chi connectivity index (χ3n) is 6.22. The Hall–Kier alpha value is -5.43. The predicted octanol–water partition coefficient (Wildman–Crippen LogP) is 6.64. The Kier molecular flexibility index (Phi) is 6.00. The molecule has 0 aliphatic heterocycles. The first kappa shape index (κ1) is 23.0. The van der Waals surface area contributed by atoms with Gasteiger partial charge in [-0.2, -0.15) is 5.10 Å². The Morgan fingerprint density at radius 1 is 0.711 bits per heavy atom. The van der Waals surface area contributed by atoms with Crippen LogP contribution < -0.4 is 16.4 Å². The molecule has 0 aliphatic rings. The topological polar surface area (TPSA) is 97.3 Å². The number of nitrogens with two attached hydrogens (primary N) is 1. The highest BCUT2D eigenvalue weighted by molar-refractivity contribution is 6.04. The van der Waals surface area contributed by atoms with Gasteiger partial charge in [0.1, 0.15) is 0 Å². The monoisotopic (exact) mass is 496 g/mol. The number of carbonyl (C=O) groups excluding carboxylic acids is 1. The van der Waals surface area contributed by atoms with Crippen molar-refractivity contribution in [3.63, 3.8) is 0 Å². The van der Waals surface area contributed by atoms with Crippen molar-refractivity contribution in [3.05, 3.63) is 127 Å². The second-order valence-electron chi connectivity index (χ2n) is 8.86. The molecule has 0 saturated heterocycles. The number of fused-ring (bicyclic) bond motifs is 1. The van der Waals surface area contributed by atoms with Gasteiger partial charge in [0.25, 0.3) is 5.91 Å². The van der Waals surface area contributed by atoms with Crippen LogP contribution in [0.15, 0.2) is 121 Å². The first-order valence-electron chi connectivity index (χ1n) is 12.2. The number of rotatable bonds is 6. The predicted molar refractivity (Wildman–Crippen MR) is 152 cm³/mol. The number of aromatic nitrogens is 3. The average Bonchev–Trinajstić information content (AvgIpc) is 3.44. The molecule has 2 heterocycles. The van der Waals surface area contributed by atoms with Gasteiger partial charge in [0.2, 0.25) is 5.95 Å². The van der Waals surface area contributed by atoms with Gasteiger partial charge in [-0.25, -0.2) is 9.50 Å². The van der Waals surface area contributed by atoms with Crippen LogP contribution in [-0.2, 0) is 0 Å². The van der Waals surface area contributed by atoms with Crippen LogP contribution >= 0.6 is 0 Å². The second kappa shape index (κ2) is 9.91. The summed E-state index contributed by atoms with van der Waals surface area (Å²) in [7, 11) is 0. The number of anilines is 4. The van der Waals surface area contributed by atoms with Crippen LogP contribution in [-0.4, -0.2) is 20.5 Å². The molecule has 7 heteroatoms. The van der Waals surface area contributed by atoms with E-state index >= 15 is 0 Å². The highest BCUT2D eigenvalue weighted by atomic mass is 16.1. The molecule has 7 nitrogen and oxygen atoms in total. The fourth-order valence-electron chi connectivity index (χ4n) is 4.25. The van der Waals surface area contributed by atoms with Crippen molar-refractivity contribution in [1.82, 2.24) is 14.6 Å². The van der Waals surface area contributed by atoms with Crippen LogP contribution in [0, 0.1) is 0 Å². The Balaban J connectivity index is 1.25. The zero-order chi connectivity index (χ0) is 25.9. The maximum atomic E-state index is 12.5. The summed E-state index contributed by atoms with van der Waals surface area (Å²) < 4.78 is 1.77. The Labute approximate surface area is 219 Å². The van der Waals surface area contributed by atoms with E-state index in [0.717, 1.165) is 33.6 Å². The van der Waals surface area contributed by atoms with Crippen LogP contribution in [0.1, 0.15) is 10.4 Å². The minimum Gasteiger partial charge on any atom is -0.399 e. The zero-order valence-electron chi connectivity index (χ0n) is 20.4. The molecule has 38 heavy (non-hydrogen) atoms. The fraction of sp³-hybridized carbons (Fsp3) is 0. The largest absolute Gasteiger partial charge is 0.399 e. The van der Waals surface area contributed by atoms with Crippen molar-refractivity contribution >= 4 is 34.4 Å². The van der Waals surface area contributed by atoms with Gasteiger partial charge in [-0.15, -0.1) is 0 Å². The van der Waals surface area contributed by atoms with Crippen LogP contribution in [0.2, 0.25) is 0 Å². The first-order chi connectivity index (χ1) is 18.6. The number of nitrogens with one attached hydrogen (secondary N) is 2. The lowest BCUT2D eigenvalue weighted by Gasteiger charge is -2.12. The van der Waals surface area contributed by atoms with E-state index in [2.05, 4.69) is 46.1 Å². The van der Waals surface area contributed by atoms with Gasteiger partial charge in [0, 0.05) is 28.2 Å². The quantitative estimate of drug-likeness (QED) is 0.225. The number of hydrogen-bond acceptors (Lipinski definition) is 5. The summed E-state index contributed by atoms with van der Waals surface area (Å²) in [6.45, 7) is 0. The highest BCUT2D eigenvalue weighted by Crippen LogP contribution is 2.28. The standard InChI is InChI=1S/C31H24N6O/c32-25-11-9-22(10-12-25)30(38)34-26-13-15-27(16-14-26)35-31-36-29(20-28-17-18-33-37(28)31)24-8-4-7-23(19-24)21-5-2-1-3-6-21/h1-20H,32H2,(H,34,38)(H,35,36). The molecule has 0 aliphatic carbocycles. The van der Waals surface area contributed by atoms with Gasteiger partial charge < -0.3 is 16.4 Å². The first-order valence-corrected chi connectivity index (χ1v) is 12.2. The van der Waals surface area contributed by atoms with Gasteiger partial charge in [-0.05, 0) is 77.9 Å². The van der Waals surface area contributed by atoms with Crippen LogP contribution in [0.5, 0.6) is 0 Å². The normalized spacial score (nSPS) is 10.8. The van der Waals surface area contributed by atoms with Crippen molar-refractivity contribution < 1.29 is 4.79 Å². The molecule has 6 rings (SSSR count). The summed E-state index contributed by atoms with van der Waals surface area (Å²) in [5.41, 5.74) is 13.4. The number of carbonyl (C=O) groups is 1. The lowest BCUT2D eigenvalue weighted by atomic mass is 10.0. The van der Waals surface area contributed by atoms with Gasteiger partial charge in [-0.3, -0.25) is 4.79 Å². The molecule has 4 N–H and O–H groups in total. The minimum absolute atomic E-state index is 0.198. The summed E-state index contributed by atoms with van der Waals surface area (Å²) in [5.74, 6) is 0.391. The van der Waals surface area contributed by atoms with E-state index in [1.54, 1.807) is 35.0 Å². The van der Waals surface area contributed by atoms with Crippen molar-refractivity contribution in [2.24, 2.45) is 0 Å². The Morgan fingerprint density at radius 3 is 2.21 bits per heavy atom. The van der Waals surface area contributed by atoms with E-state index in [1.807, 2.05) is 60.7 Å². The molecule has 0 unspecified atom stereocenters. The molecule has 0 saturated carbocycles. The molecule has 184 valence electrons. The van der Waals surface area contributed by atoms with Gasteiger partial charge in [0.15, 0.2) is 0 Å². The SMILES string of the molecule is Nc1ccc(C(=O)Nc2ccc(Nc3nc(-c4cccc(-c5ccccc5)c4)cc4ccnn34)cc2)cc1. The number of nitrogen functional groups attached to an aromatic ring is 1. The molecule has 0 spiro atoms. The second-order valence-corrected chi connectivity index (χ2v) is 8.86. The van der Waals surface area contributed by atoms with E-state index in [4.69, 9.17) is 10.7 Å².